The number of hydrogen-bond donors (Lipinski definition) is 0. The minimum absolute atomic E-state index is 0.166. The van der Waals surface area contributed by atoms with E-state index in [1.165, 1.54) is 34.6 Å². The van der Waals surface area contributed by atoms with E-state index in [0.717, 1.165) is 11.3 Å². The first-order valence-corrected chi connectivity index (χ1v) is 11.7. The molecule has 30 heavy (non-hydrogen) atoms. The zero-order valence-electron chi connectivity index (χ0n) is 15.8. The molecule has 3 aromatic rings. The lowest BCUT2D eigenvalue weighted by Crippen LogP contribution is -2.50. The predicted molar refractivity (Wildman–Crippen MR) is 111 cm³/mol. The number of thiophene rings is 1. The quantitative estimate of drug-likeness (QED) is 0.582. The number of carbonyl (C=O) groups excluding carboxylic acids is 1. The smallest absolute Gasteiger partial charge is 0.259 e. The Labute approximate surface area is 181 Å². The maximum Gasteiger partial charge on any atom is 0.259 e. The highest BCUT2D eigenvalue weighted by molar-refractivity contribution is 7.91. The summed E-state index contributed by atoms with van der Waals surface area (Å²) in [5.74, 6) is -0.344. The lowest BCUT2D eigenvalue weighted by molar-refractivity contribution is 0.0697. The molecular weight excluding hydrogens is 453 g/mol. The number of aromatic nitrogens is 1. The minimum atomic E-state index is -3.64. The third-order valence-corrected chi connectivity index (χ3v) is 8.46. The number of hydrogen-bond acceptors (Lipinski definition) is 6. The molecule has 1 amide bonds. The molecule has 0 N–H and O–H groups in total. The van der Waals surface area contributed by atoms with Crippen LogP contribution in [0.25, 0.3) is 11.3 Å². The van der Waals surface area contributed by atoms with Crippen LogP contribution in [0.3, 0.4) is 0 Å². The summed E-state index contributed by atoms with van der Waals surface area (Å²) in [4.78, 5) is 14.7. The number of nitrogens with zero attached hydrogens (tertiary/aromatic N) is 3. The molecule has 0 atom stereocenters. The summed E-state index contributed by atoms with van der Waals surface area (Å²) in [6.45, 7) is 2.42. The third kappa shape index (κ3) is 3.87. The fraction of sp³-hybridized carbons (Fsp3) is 0.263. The van der Waals surface area contributed by atoms with Gasteiger partial charge < -0.3 is 9.42 Å². The van der Waals surface area contributed by atoms with Crippen molar-refractivity contribution in [2.24, 2.45) is 0 Å². The Morgan fingerprint density at radius 2 is 1.80 bits per heavy atom. The van der Waals surface area contributed by atoms with Crippen LogP contribution in [0, 0.1) is 12.7 Å². The highest BCUT2D eigenvalue weighted by Gasteiger charge is 2.33. The van der Waals surface area contributed by atoms with E-state index in [4.69, 9.17) is 16.1 Å². The Morgan fingerprint density at radius 1 is 1.13 bits per heavy atom. The van der Waals surface area contributed by atoms with Crippen LogP contribution >= 0.6 is 22.9 Å². The van der Waals surface area contributed by atoms with Crippen LogP contribution in [0.5, 0.6) is 0 Å². The second-order valence-electron chi connectivity index (χ2n) is 6.72. The van der Waals surface area contributed by atoms with Crippen molar-refractivity contribution in [3.8, 4) is 11.3 Å². The zero-order chi connectivity index (χ0) is 21.5. The van der Waals surface area contributed by atoms with Gasteiger partial charge in [0.05, 0.1) is 4.34 Å². The molecule has 158 valence electrons. The van der Waals surface area contributed by atoms with Gasteiger partial charge in [-0.2, -0.15) is 4.31 Å². The highest BCUT2D eigenvalue weighted by Crippen LogP contribution is 2.30. The standard InChI is InChI=1S/C19H17ClFN3O4S2/c1-12-17(18(22-28-12)13-2-4-14(21)5-3-13)19(25)23-8-10-24(11-9-23)30(26,27)16-7-6-15(20)29-16/h2-7H,8-11H2,1H3. The molecule has 2 aromatic heterocycles. The van der Waals surface area contributed by atoms with Gasteiger partial charge in [-0.1, -0.05) is 16.8 Å². The molecule has 0 aliphatic carbocycles. The first-order chi connectivity index (χ1) is 14.3. The van der Waals surface area contributed by atoms with Gasteiger partial charge in [-0.05, 0) is 43.3 Å². The number of benzene rings is 1. The fourth-order valence-electron chi connectivity index (χ4n) is 3.28. The normalized spacial score (nSPS) is 15.5. The predicted octanol–water partition coefficient (Wildman–Crippen LogP) is 3.65. The van der Waals surface area contributed by atoms with Crippen LogP contribution in [-0.4, -0.2) is 54.9 Å². The lowest BCUT2D eigenvalue weighted by Gasteiger charge is -2.33. The van der Waals surface area contributed by atoms with Gasteiger partial charge in [0, 0.05) is 31.7 Å². The molecule has 0 unspecified atom stereocenters. The summed E-state index contributed by atoms with van der Waals surface area (Å²) in [5.41, 5.74) is 1.19. The molecule has 3 heterocycles. The van der Waals surface area contributed by atoms with Gasteiger partial charge >= 0.3 is 0 Å². The van der Waals surface area contributed by atoms with E-state index in [1.54, 1.807) is 17.9 Å². The van der Waals surface area contributed by atoms with Gasteiger partial charge in [-0.15, -0.1) is 11.3 Å². The summed E-state index contributed by atoms with van der Waals surface area (Å²) in [6, 6.07) is 8.65. The largest absolute Gasteiger partial charge is 0.360 e. The Hall–Kier alpha value is -2.27. The van der Waals surface area contributed by atoms with Crippen LogP contribution in [0.1, 0.15) is 16.1 Å². The average Bonchev–Trinajstić information content (AvgIpc) is 3.34. The van der Waals surface area contributed by atoms with Crippen molar-refractivity contribution in [2.45, 2.75) is 11.1 Å². The molecule has 1 aliphatic heterocycles. The Kier molecular flexibility index (Phi) is 5.67. The molecule has 7 nitrogen and oxygen atoms in total. The van der Waals surface area contributed by atoms with E-state index in [0.29, 0.717) is 26.9 Å². The van der Waals surface area contributed by atoms with Crippen LogP contribution < -0.4 is 0 Å². The van der Waals surface area contributed by atoms with Gasteiger partial charge in [0.25, 0.3) is 15.9 Å². The minimum Gasteiger partial charge on any atom is -0.360 e. The second-order valence-corrected chi connectivity index (χ2v) is 10.6. The van der Waals surface area contributed by atoms with Crippen LogP contribution in [0.4, 0.5) is 4.39 Å². The summed E-state index contributed by atoms with van der Waals surface area (Å²) >= 11 is 6.87. The van der Waals surface area contributed by atoms with E-state index < -0.39 is 15.8 Å². The molecule has 4 rings (SSSR count). The van der Waals surface area contributed by atoms with Crippen molar-refractivity contribution < 1.29 is 22.1 Å². The van der Waals surface area contributed by atoms with Crippen LogP contribution in [0.15, 0.2) is 45.1 Å². The Balaban J connectivity index is 1.52. The average molecular weight is 470 g/mol. The van der Waals surface area contributed by atoms with E-state index >= 15 is 0 Å². The highest BCUT2D eigenvalue weighted by atomic mass is 35.5. The van der Waals surface area contributed by atoms with Gasteiger partial charge in [0.2, 0.25) is 0 Å². The zero-order valence-corrected chi connectivity index (χ0v) is 18.2. The van der Waals surface area contributed by atoms with Crippen molar-refractivity contribution >= 4 is 38.9 Å². The monoisotopic (exact) mass is 469 g/mol. The summed E-state index contributed by atoms with van der Waals surface area (Å²) in [6.07, 6.45) is 0. The molecule has 0 bridgehead atoms. The van der Waals surface area contributed by atoms with Crippen LogP contribution in [-0.2, 0) is 10.0 Å². The summed E-state index contributed by atoms with van der Waals surface area (Å²) in [7, 11) is -3.64. The van der Waals surface area contributed by atoms with E-state index in [9.17, 15) is 17.6 Å². The number of aryl methyl sites for hydroxylation is 1. The van der Waals surface area contributed by atoms with Crippen molar-refractivity contribution in [1.29, 1.82) is 0 Å². The van der Waals surface area contributed by atoms with Crippen molar-refractivity contribution in [2.75, 3.05) is 26.2 Å². The molecule has 1 fully saturated rings. The summed E-state index contributed by atoms with van der Waals surface area (Å²) < 4.78 is 45.9. The van der Waals surface area contributed by atoms with E-state index in [-0.39, 0.29) is 36.3 Å². The number of carbonyl (C=O) groups is 1. The number of piperazine rings is 1. The second kappa shape index (κ2) is 8.10. The fourth-order valence-corrected chi connectivity index (χ4v) is 6.34. The summed E-state index contributed by atoms with van der Waals surface area (Å²) in [5, 5.41) is 3.97. The first kappa shape index (κ1) is 21.0. The maximum atomic E-state index is 13.2. The Morgan fingerprint density at radius 3 is 2.40 bits per heavy atom. The topological polar surface area (TPSA) is 83.7 Å². The molecule has 1 saturated heterocycles. The van der Waals surface area contributed by atoms with E-state index in [2.05, 4.69) is 5.16 Å². The van der Waals surface area contributed by atoms with Gasteiger partial charge in [-0.3, -0.25) is 4.79 Å². The molecule has 0 radical (unpaired) electrons. The maximum absolute atomic E-state index is 13.2. The number of sulfonamides is 1. The van der Waals surface area contributed by atoms with Crippen molar-refractivity contribution in [3.05, 3.63) is 57.9 Å². The van der Waals surface area contributed by atoms with Crippen molar-refractivity contribution in [1.82, 2.24) is 14.4 Å². The number of amides is 1. The van der Waals surface area contributed by atoms with Gasteiger partial charge in [0.15, 0.2) is 0 Å². The molecule has 1 aliphatic rings. The van der Waals surface area contributed by atoms with E-state index in [1.807, 2.05) is 0 Å². The third-order valence-electron chi connectivity index (χ3n) is 4.86. The molecule has 0 spiro atoms. The van der Waals surface area contributed by atoms with Crippen molar-refractivity contribution in [3.63, 3.8) is 0 Å². The first-order valence-electron chi connectivity index (χ1n) is 9.04. The number of rotatable bonds is 4. The number of halogens is 2. The molecular formula is C19H17ClFN3O4S2. The van der Waals surface area contributed by atoms with Gasteiger partial charge in [0.1, 0.15) is 27.0 Å². The molecule has 11 heteroatoms. The molecule has 1 aromatic carbocycles. The Bertz CT molecular complexity index is 1180. The SMILES string of the molecule is Cc1onc(-c2ccc(F)cc2)c1C(=O)N1CCN(S(=O)(=O)c2ccc(Cl)s2)CC1. The van der Waals surface area contributed by atoms with Crippen LogP contribution in [0.2, 0.25) is 4.34 Å². The molecule has 0 saturated carbocycles. The van der Waals surface area contributed by atoms with Gasteiger partial charge in [-0.25, -0.2) is 12.8 Å². The lowest BCUT2D eigenvalue weighted by atomic mass is 10.0.